The normalized spacial score (nSPS) is 23.7. The molecule has 9 amide bonds. The minimum absolute atomic E-state index is 0.00256. The molecule has 0 aromatic heterocycles. The van der Waals surface area contributed by atoms with Gasteiger partial charge in [0.25, 0.3) is 0 Å². The minimum atomic E-state index is -2.40. The summed E-state index contributed by atoms with van der Waals surface area (Å²) in [4.78, 5) is 150. The number of unbranched alkanes of at least 4 members (excludes halogenated alkanes) is 1. The average Bonchev–Trinajstić information content (AvgIpc) is 1.54. The number of halogens is 2. The van der Waals surface area contributed by atoms with Gasteiger partial charge in [0.2, 0.25) is 47.1 Å². The molecule has 2 unspecified atom stereocenters. The third-order valence-electron chi connectivity index (χ3n) is 27.5. The fourth-order valence-electron chi connectivity index (χ4n) is 20.1. The second-order valence-electron chi connectivity index (χ2n) is 37.7. The number of nitrogens with two attached hydrogens (primary N) is 1. The number of anilines is 2. The highest BCUT2D eigenvalue weighted by atomic mass is 19.1. The van der Waals surface area contributed by atoms with Gasteiger partial charge in [0.05, 0.1) is 154 Å². The second kappa shape index (κ2) is 56.1. The summed E-state index contributed by atoms with van der Waals surface area (Å²) in [6, 6.07) is 18.2. The topological polar surface area (TPSA) is 460 Å². The van der Waals surface area contributed by atoms with Crippen molar-refractivity contribution in [2.75, 3.05) is 162 Å². The van der Waals surface area contributed by atoms with Crippen molar-refractivity contribution in [3.05, 3.63) is 125 Å². The van der Waals surface area contributed by atoms with Crippen LogP contribution in [0.25, 0.3) is 0 Å². The Bertz CT molecular complexity index is 4830. The largest absolute Gasteiger partial charge is 0.486 e. The number of alkyl halides is 2. The van der Waals surface area contributed by atoms with Crippen LogP contribution in [0, 0.1) is 46.3 Å². The lowest BCUT2D eigenvalue weighted by atomic mass is 9.44. The van der Waals surface area contributed by atoms with Crippen LogP contribution in [0.4, 0.5) is 25.0 Å². The number of ketones is 3. The number of ether oxygens (including phenoxy) is 12. The Morgan fingerprint density at radius 1 is 0.645 bits per heavy atom. The van der Waals surface area contributed by atoms with Crippen LogP contribution >= 0.6 is 0 Å². The molecule has 0 spiro atoms. The maximum Gasteiger partial charge on any atom is 0.312 e. The maximum absolute atomic E-state index is 18.2. The molecule has 0 radical (unpaired) electrons. The van der Waals surface area contributed by atoms with Crippen LogP contribution in [-0.4, -0.2) is 281 Å². The van der Waals surface area contributed by atoms with E-state index in [2.05, 4.69) is 60.0 Å². The number of nitrogens with zero attached hydrogens (tertiary/aromatic N) is 2. The summed E-state index contributed by atoms with van der Waals surface area (Å²) < 4.78 is 106. The number of Topliss-reactive ketones (excluding diaryl/α,β-unsaturated/α-hetero) is 2. The molecular formula is C103H146F2N12O24. The molecule has 5 aliphatic carbocycles. The number of aliphatic hydroxyl groups is 1. The Morgan fingerprint density at radius 3 is 1.96 bits per heavy atom. The SMILES string of the molecule is CCCNC(=O)CCOCCOCCOCCOCCN1NNC2=C1CCCCCC2OCC(=O)NCCCC[C@@H](NC(=O)CCOCCOCCOCCOCCNC(=O)CCC(=O)N1Cc2ccccc2C#Cc2ccccc21)C(=O)N[C@H](C(=O)C[C@@H](CCCNC(N)=O)C(=O)Nc1ccc(OCC(=O)[C@@]23OC(CCC)O[C@@H]2C[C@H]2[C@@H]4C[C@H](F)C5=CC(=O)C=C[C@]5(C)[C@@]4(F)[C@@H](O)C[C@@]23C)cc1)C(C)C. The van der Waals surface area contributed by atoms with Crippen LogP contribution < -0.4 is 63.5 Å². The standard InChI is InChI=1S/C103H146F2N12O24/c1-7-19-94-140-88-64-77-78-63-80(104)79-62-75(118)36-39-100(79,5)102(78,105)86(120)65-101(77,6)103(88,141-94)87(121)67-138-76-32-30-74(31-33-76)111-97(127)72(23-18-42-110-99(106)129)61-84(119)95(69(3)4)113-98(128)81(24-16-17-41-108-92(125)68-139-85-27-11-9-10-26-83-96(85)114-115-117(83)44-48-133-52-56-137-60-58-134-53-49-130-45-37-90(123)107-40-8-2)112-91(124)38-46-131-50-54-135-57-59-136-55-51-132-47-43-109-89(122)34-35-93(126)116-66-73-22-13-12-20-70(73)28-29-71-21-14-15-25-82(71)116/h12-15,20-22,25,30-33,36,39,62,69,72,77-78,80-81,85-86,88,94-95,114-115,120H,7-11,16-19,23-24,26-27,34-35,37-38,40-61,63-68H2,1-6H3,(H,107,123)(H,108,125)(H,109,122)(H,111,127)(H,112,124)(H,113,128)(H3,106,110,129)/t72-,77+,78+,80+,81-,85?,86+,88-,94?,95+,100+,101+,102+,103-/m1/s1. The zero-order valence-corrected chi connectivity index (χ0v) is 82.4. The molecule has 776 valence electrons. The molecule has 12 N–H and O–H groups in total. The number of rotatable bonds is 62. The van der Waals surface area contributed by atoms with Gasteiger partial charge in [-0.3, -0.25) is 53.0 Å². The number of carbonyl (C=O) groups excluding carboxylic acids is 11. The van der Waals surface area contributed by atoms with Crippen molar-refractivity contribution in [2.45, 2.75) is 237 Å². The van der Waals surface area contributed by atoms with E-state index < -0.39 is 136 Å². The van der Waals surface area contributed by atoms with E-state index in [0.717, 1.165) is 66.3 Å². The van der Waals surface area contributed by atoms with E-state index >= 15 is 13.6 Å². The molecular weight excluding hydrogens is 1830 g/mol. The fourth-order valence-corrected chi connectivity index (χ4v) is 20.1. The van der Waals surface area contributed by atoms with Gasteiger partial charge in [0.15, 0.2) is 29.1 Å². The summed E-state index contributed by atoms with van der Waals surface area (Å²) in [6.07, 6.45) is 4.97. The van der Waals surface area contributed by atoms with Crippen LogP contribution in [0.2, 0.25) is 0 Å². The van der Waals surface area contributed by atoms with E-state index in [1.165, 1.54) is 43.3 Å². The van der Waals surface area contributed by atoms with Crippen molar-refractivity contribution < 1.29 is 123 Å². The van der Waals surface area contributed by atoms with Gasteiger partial charge in [0.1, 0.15) is 37.3 Å². The lowest BCUT2D eigenvalue weighted by Gasteiger charge is -2.63. The number of amides is 9. The van der Waals surface area contributed by atoms with E-state index in [9.17, 15) is 53.1 Å². The van der Waals surface area contributed by atoms with Gasteiger partial charge in [-0.2, -0.15) is 0 Å². The van der Waals surface area contributed by atoms with Crippen molar-refractivity contribution in [3.8, 4) is 17.6 Å². The quantitative estimate of drug-likeness (QED) is 0.0189. The van der Waals surface area contributed by atoms with Crippen LogP contribution in [0.1, 0.15) is 193 Å². The van der Waals surface area contributed by atoms with Gasteiger partial charge < -0.3 is 115 Å². The zero-order chi connectivity index (χ0) is 101. The van der Waals surface area contributed by atoms with Crippen molar-refractivity contribution in [3.63, 3.8) is 0 Å². The number of aliphatic hydroxyl groups excluding tert-OH is 1. The lowest BCUT2D eigenvalue weighted by molar-refractivity contribution is -0.234. The fraction of sp³-hybridized carbons (Fsp3) is 0.641. The molecule has 141 heavy (non-hydrogen) atoms. The summed E-state index contributed by atoms with van der Waals surface area (Å²) >= 11 is 0. The molecule has 0 bridgehead atoms. The van der Waals surface area contributed by atoms with Crippen LogP contribution in [0.3, 0.4) is 0 Å². The predicted octanol–water partition coefficient (Wildman–Crippen LogP) is 7.89. The number of hydrogen-bond donors (Lipinski definition) is 11. The number of nitrogens with one attached hydrogen (secondary N) is 9. The Kier molecular flexibility index (Phi) is 44.2. The molecule has 3 aliphatic heterocycles. The first kappa shape index (κ1) is 111. The molecule has 1 saturated heterocycles. The van der Waals surface area contributed by atoms with Crippen LogP contribution in [0.15, 0.2) is 108 Å². The summed E-state index contributed by atoms with van der Waals surface area (Å²) in [5.41, 5.74) is 10.3. The molecule has 3 heterocycles. The van der Waals surface area contributed by atoms with E-state index in [1.54, 1.807) is 25.7 Å². The molecule has 14 atom stereocenters. The molecule has 38 heteroatoms. The van der Waals surface area contributed by atoms with Crippen molar-refractivity contribution >= 4 is 76.1 Å². The van der Waals surface area contributed by atoms with Gasteiger partial charge in [0, 0.05) is 97.8 Å². The van der Waals surface area contributed by atoms with Gasteiger partial charge in [-0.25, -0.2) is 13.6 Å². The molecule has 3 saturated carbocycles. The van der Waals surface area contributed by atoms with Gasteiger partial charge in [-0.15, -0.1) is 5.53 Å². The highest BCUT2D eigenvalue weighted by molar-refractivity contribution is 6.02. The second-order valence-corrected chi connectivity index (χ2v) is 37.7. The number of hydrogen-bond acceptors (Lipinski definition) is 27. The van der Waals surface area contributed by atoms with Gasteiger partial charge in [-0.1, -0.05) is 102 Å². The minimum Gasteiger partial charge on any atom is -0.486 e. The number of allylic oxidation sites excluding steroid dienone is 5. The van der Waals surface area contributed by atoms with E-state index in [4.69, 9.17) is 62.6 Å². The Hall–Kier alpha value is -10.3. The molecule has 4 fully saturated rings. The molecule has 11 rings (SSSR count). The maximum atomic E-state index is 18.2. The molecule has 8 aliphatic rings. The van der Waals surface area contributed by atoms with Crippen molar-refractivity contribution in [2.24, 2.45) is 40.2 Å². The summed E-state index contributed by atoms with van der Waals surface area (Å²) in [7, 11) is 0. The highest BCUT2D eigenvalue weighted by Crippen LogP contribution is 2.72. The van der Waals surface area contributed by atoms with Crippen molar-refractivity contribution in [1.82, 2.24) is 47.9 Å². The highest BCUT2D eigenvalue weighted by Gasteiger charge is 2.80. The first-order chi connectivity index (χ1) is 68.1. The van der Waals surface area contributed by atoms with E-state index in [0.29, 0.717) is 117 Å². The average molecular weight is 1970 g/mol. The lowest BCUT2D eigenvalue weighted by Crippen LogP contribution is -2.71. The third kappa shape index (κ3) is 30.9. The van der Waals surface area contributed by atoms with E-state index in [-0.39, 0.29) is 184 Å². The third-order valence-corrected chi connectivity index (χ3v) is 27.5. The number of para-hydroxylation sites is 1. The Labute approximate surface area is 824 Å². The first-order valence-electron chi connectivity index (χ1n) is 50.2. The monoisotopic (exact) mass is 1970 g/mol. The molecule has 3 aromatic carbocycles. The Morgan fingerprint density at radius 2 is 1.28 bits per heavy atom. The van der Waals surface area contributed by atoms with Crippen LogP contribution in [0.5, 0.6) is 5.75 Å². The van der Waals surface area contributed by atoms with Gasteiger partial charge in [-0.05, 0) is 168 Å². The predicted molar refractivity (Wildman–Crippen MR) is 517 cm³/mol. The number of carbonyl (C=O) groups is 11. The number of fused-ring (bicyclic) bond motifs is 9. The summed E-state index contributed by atoms with van der Waals surface area (Å²) in [5, 5.41) is 33.8. The zero-order valence-electron chi connectivity index (χ0n) is 82.4. The van der Waals surface area contributed by atoms with Gasteiger partial charge >= 0.3 is 6.03 Å². The van der Waals surface area contributed by atoms with Crippen molar-refractivity contribution in [1.29, 1.82) is 0 Å². The Balaban J connectivity index is 0.635. The number of hydrazine groups is 2. The number of primary amides is 1. The molecule has 3 aromatic rings. The molecule has 36 nitrogen and oxygen atoms in total. The van der Waals surface area contributed by atoms with Crippen LogP contribution in [-0.2, 0) is 107 Å². The first-order valence-corrected chi connectivity index (χ1v) is 50.2. The van der Waals surface area contributed by atoms with E-state index in [1.807, 2.05) is 67.4 Å². The number of benzene rings is 3. The summed E-state index contributed by atoms with van der Waals surface area (Å²) in [5.74, 6) is -0.839. The summed E-state index contributed by atoms with van der Waals surface area (Å²) in [6.45, 7) is 16.6. The number of urea groups is 1. The smallest absolute Gasteiger partial charge is 0.312 e.